The molecule has 0 aliphatic carbocycles. The average molecular weight is 300 g/mol. The normalized spacial score (nSPS) is 24.6. The van der Waals surface area contributed by atoms with Crippen LogP contribution in [0.4, 0.5) is 5.82 Å². The van der Waals surface area contributed by atoms with Crippen LogP contribution in [-0.2, 0) is 17.9 Å². The van der Waals surface area contributed by atoms with Gasteiger partial charge in [-0.05, 0) is 12.5 Å². The van der Waals surface area contributed by atoms with Gasteiger partial charge in [0.1, 0.15) is 5.82 Å². The van der Waals surface area contributed by atoms with Crippen LogP contribution in [0.5, 0.6) is 0 Å². The molecular weight excluding hydrogens is 280 g/mol. The van der Waals surface area contributed by atoms with Gasteiger partial charge < -0.3 is 10.1 Å². The first kappa shape index (κ1) is 13.7. The molecular formula is C15H20N6O. The Balaban J connectivity index is 1.52. The van der Waals surface area contributed by atoms with Crippen molar-refractivity contribution in [1.82, 2.24) is 24.9 Å². The molecule has 4 heterocycles. The van der Waals surface area contributed by atoms with Crippen molar-refractivity contribution in [1.29, 1.82) is 0 Å². The molecule has 22 heavy (non-hydrogen) atoms. The predicted octanol–water partition coefficient (Wildman–Crippen LogP) is 1.06. The van der Waals surface area contributed by atoms with E-state index in [0.29, 0.717) is 6.61 Å². The Morgan fingerprint density at radius 3 is 3.32 bits per heavy atom. The molecule has 2 atom stereocenters. The van der Waals surface area contributed by atoms with E-state index in [1.807, 2.05) is 24.0 Å². The van der Waals surface area contributed by atoms with Crippen LogP contribution in [0.2, 0.25) is 0 Å². The zero-order valence-electron chi connectivity index (χ0n) is 12.6. The summed E-state index contributed by atoms with van der Waals surface area (Å²) < 4.78 is 8.00. The minimum Gasteiger partial charge on any atom is -0.373 e. The molecule has 0 unspecified atom stereocenters. The minimum absolute atomic E-state index is 0.253. The Kier molecular flexibility index (Phi) is 3.51. The van der Waals surface area contributed by atoms with Crippen LogP contribution in [-0.4, -0.2) is 51.1 Å². The van der Waals surface area contributed by atoms with Crippen LogP contribution in [0.1, 0.15) is 23.7 Å². The number of aromatic nitrogens is 4. The quantitative estimate of drug-likeness (QED) is 0.914. The SMILES string of the molecule is CNc1ncccc1CN1CC[C@@H]2OCc3cnnn3[C@@H]2C1. The molecule has 0 bridgehead atoms. The lowest BCUT2D eigenvalue weighted by Crippen LogP contribution is -2.47. The van der Waals surface area contributed by atoms with Crippen LogP contribution in [0.25, 0.3) is 0 Å². The zero-order chi connectivity index (χ0) is 14.9. The molecule has 0 spiro atoms. The van der Waals surface area contributed by atoms with E-state index in [2.05, 4.69) is 31.6 Å². The molecule has 2 aromatic rings. The molecule has 1 fully saturated rings. The maximum Gasteiger partial charge on any atom is 0.130 e. The van der Waals surface area contributed by atoms with Crippen molar-refractivity contribution in [2.24, 2.45) is 0 Å². The van der Waals surface area contributed by atoms with Gasteiger partial charge in [-0.3, -0.25) is 4.90 Å². The van der Waals surface area contributed by atoms with Gasteiger partial charge >= 0.3 is 0 Å². The second kappa shape index (κ2) is 5.66. The second-order valence-corrected chi connectivity index (χ2v) is 5.87. The van der Waals surface area contributed by atoms with Crippen LogP contribution in [0.3, 0.4) is 0 Å². The highest BCUT2D eigenvalue weighted by molar-refractivity contribution is 5.42. The fraction of sp³-hybridized carbons (Fsp3) is 0.533. The fourth-order valence-corrected chi connectivity index (χ4v) is 3.42. The van der Waals surface area contributed by atoms with Gasteiger partial charge in [-0.25, -0.2) is 9.67 Å². The Labute approximate surface area is 129 Å². The van der Waals surface area contributed by atoms with Gasteiger partial charge in [-0.1, -0.05) is 11.3 Å². The third-order valence-electron chi connectivity index (χ3n) is 4.53. The van der Waals surface area contributed by atoms with Crippen molar-refractivity contribution in [3.05, 3.63) is 35.8 Å². The minimum atomic E-state index is 0.253. The number of pyridine rings is 1. The molecule has 7 nitrogen and oxygen atoms in total. The van der Waals surface area contributed by atoms with E-state index >= 15 is 0 Å². The summed E-state index contributed by atoms with van der Waals surface area (Å²) in [6.45, 7) is 3.47. The van der Waals surface area contributed by atoms with E-state index in [4.69, 9.17) is 4.74 Å². The Bertz CT molecular complexity index is 657. The van der Waals surface area contributed by atoms with Crippen LogP contribution in [0.15, 0.2) is 24.5 Å². The zero-order valence-corrected chi connectivity index (χ0v) is 12.6. The number of hydrogen-bond donors (Lipinski definition) is 1. The number of likely N-dealkylation sites (tertiary alicyclic amines) is 1. The Hall–Kier alpha value is -1.99. The molecule has 4 rings (SSSR count). The summed E-state index contributed by atoms with van der Waals surface area (Å²) in [4.78, 5) is 6.83. The standard InChI is InChI=1S/C15H20N6O/c1-16-15-11(3-2-5-17-15)8-20-6-4-14-13(9-20)21-12(10-22-14)7-18-19-21/h2-3,5,7,13-14H,4,6,8-10H2,1H3,(H,16,17)/t13-,14+/m1/s1. The molecule has 0 aromatic carbocycles. The lowest BCUT2D eigenvalue weighted by molar-refractivity contribution is -0.0669. The van der Waals surface area contributed by atoms with Crippen molar-refractivity contribution < 1.29 is 4.74 Å². The van der Waals surface area contributed by atoms with Crippen molar-refractivity contribution in [3.8, 4) is 0 Å². The van der Waals surface area contributed by atoms with Crippen LogP contribution in [0, 0.1) is 0 Å². The Morgan fingerprint density at radius 2 is 2.41 bits per heavy atom. The van der Waals surface area contributed by atoms with Gasteiger partial charge in [-0.2, -0.15) is 0 Å². The van der Waals surface area contributed by atoms with Crippen molar-refractivity contribution >= 4 is 5.82 Å². The second-order valence-electron chi connectivity index (χ2n) is 5.87. The summed E-state index contributed by atoms with van der Waals surface area (Å²) >= 11 is 0. The summed E-state index contributed by atoms with van der Waals surface area (Å²) in [5, 5.41) is 11.4. The van der Waals surface area contributed by atoms with Crippen LogP contribution >= 0.6 is 0 Å². The van der Waals surface area contributed by atoms with E-state index < -0.39 is 0 Å². The summed E-state index contributed by atoms with van der Waals surface area (Å²) in [6.07, 6.45) is 4.90. The first-order chi connectivity index (χ1) is 10.8. The average Bonchev–Trinajstić information content (AvgIpc) is 3.04. The number of fused-ring (bicyclic) bond motifs is 3. The number of nitrogens with one attached hydrogen (secondary N) is 1. The molecule has 0 saturated carbocycles. The third-order valence-corrected chi connectivity index (χ3v) is 4.53. The van der Waals surface area contributed by atoms with Crippen molar-refractivity contribution in [2.45, 2.75) is 31.7 Å². The molecule has 1 N–H and O–H groups in total. The number of anilines is 1. The van der Waals surface area contributed by atoms with E-state index in [0.717, 1.165) is 37.6 Å². The highest BCUT2D eigenvalue weighted by Gasteiger charge is 2.36. The smallest absolute Gasteiger partial charge is 0.130 e. The maximum absolute atomic E-state index is 5.96. The lowest BCUT2D eigenvalue weighted by Gasteiger charge is -2.41. The molecule has 2 aromatic heterocycles. The van der Waals surface area contributed by atoms with Crippen LogP contribution < -0.4 is 5.32 Å². The summed E-state index contributed by atoms with van der Waals surface area (Å²) in [6, 6.07) is 4.38. The lowest BCUT2D eigenvalue weighted by atomic mass is 10.00. The summed E-state index contributed by atoms with van der Waals surface area (Å²) in [7, 11) is 1.91. The number of hydrogen-bond acceptors (Lipinski definition) is 6. The molecule has 0 amide bonds. The third kappa shape index (κ3) is 2.36. The number of nitrogens with zero attached hydrogens (tertiary/aromatic N) is 5. The maximum atomic E-state index is 5.96. The molecule has 1 saturated heterocycles. The monoisotopic (exact) mass is 300 g/mol. The van der Waals surface area contributed by atoms with E-state index in [1.165, 1.54) is 5.56 Å². The van der Waals surface area contributed by atoms with Gasteiger partial charge in [0.2, 0.25) is 0 Å². The molecule has 116 valence electrons. The first-order valence-corrected chi connectivity index (χ1v) is 7.70. The van der Waals surface area contributed by atoms with E-state index in [-0.39, 0.29) is 12.1 Å². The van der Waals surface area contributed by atoms with Gasteiger partial charge in [0, 0.05) is 38.4 Å². The van der Waals surface area contributed by atoms with Gasteiger partial charge in [0.25, 0.3) is 0 Å². The molecule has 0 radical (unpaired) electrons. The first-order valence-electron chi connectivity index (χ1n) is 7.70. The van der Waals surface area contributed by atoms with Gasteiger partial charge in [-0.15, -0.1) is 5.10 Å². The Morgan fingerprint density at radius 1 is 1.45 bits per heavy atom. The largest absolute Gasteiger partial charge is 0.373 e. The van der Waals surface area contributed by atoms with Crippen molar-refractivity contribution in [2.75, 3.05) is 25.5 Å². The van der Waals surface area contributed by atoms with Gasteiger partial charge in [0.05, 0.1) is 30.6 Å². The fourth-order valence-electron chi connectivity index (χ4n) is 3.42. The number of piperidine rings is 1. The van der Waals surface area contributed by atoms with Crippen molar-refractivity contribution in [3.63, 3.8) is 0 Å². The highest BCUT2D eigenvalue weighted by Crippen LogP contribution is 2.31. The molecule has 2 aliphatic rings. The molecule has 2 aliphatic heterocycles. The summed E-state index contributed by atoms with van der Waals surface area (Å²) in [5.41, 5.74) is 2.29. The predicted molar refractivity (Wildman–Crippen MR) is 81.3 cm³/mol. The number of ether oxygens (including phenoxy) is 1. The van der Waals surface area contributed by atoms with E-state index in [1.54, 1.807) is 6.20 Å². The summed E-state index contributed by atoms with van der Waals surface area (Å²) in [5.74, 6) is 0.950. The van der Waals surface area contributed by atoms with Gasteiger partial charge in [0.15, 0.2) is 0 Å². The van der Waals surface area contributed by atoms with E-state index in [9.17, 15) is 0 Å². The molecule has 7 heteroatoms. The topological polar surface area (TPSA) is 68.1 Å². The highest BCUT2D eigenvalue weighted by atomic mass is 16.5. The number of rotatable bonds is 3.